The molecule has 0 bridgehead atoms. The van der Waals surface area contributed by atoms with Gasteiger partial charge in [-0.1, -0.05) is 48.0 Å². The van der Waals surface area contributed by atoms with Crippen molar-refractivity contribution >= 4 is 34.8 Å². The number of rotatable bonds is 4. The Balaban J connectivity index is 1.63. The van der Waals surface area contributed by atoms with Crippen molar-refractivity contribution in [2.24, 2.45) is 5.41 Å². The average Bonchev–Trinajstić information content (AvgIpc) is 3.23. The predicted molar refractivity (Wildman–Crippen MR) is 122 cm³/mol. The van der Waals surface area contributed by atoms with E-state index in [2.05, 4.69) is 0 Å². The van der Waals surface area contributed by atoms with Crippen LogP contribution in [0.3, 0.4) is 0 Å². The first-order valence-electron chi connectivity index (χ1n) is 10.2. The van der Waals surface area contributed by atoms with Gasteiger partial charge < -0.3 is 4.74 Å². The molecule has 0 N–H and O–H groups in total. The van der Waals surface area contributed by atoms with Crippen molar-refractivity contribution in [1.29, 1.82) is 0 Å². The largest absolute Gasteiger partial charge is 0.497 e. The molecule has 3 unspecified atom stereocenters. The molecule has 0 aliphatic carbocycles. The topological polar surface area (TPSA) is 59.1 Å². The predicted octanol–water partition coefficient (Wildman–Crippen LogP) is 4.79. The molecule has 5 rings (SSSR count). The first-order chi connectivity index (χ1) is 15.4. The zero-order chi connectivity index (χ0) is 22.5. The number of para-hydroxylation sites is 1. The van der Waals surface area contributed by atoms with E-state index in [-0.39, 0.29) is 5.91 Å². The van der Waals surface area contributed by atoms with E-state index in [4.69, 9.17) is 21.2 Å². The summed E-state index contributed by atoms with van der Waals surface area (Å²) in [5.74, 6) is -0.159. The normalized spacial score (nSPS) is 24.7. The molecule has 32 heavy (non-hydrogen) atoms. The molecular formula is C25H21ClN2O4. The summed E-state index contributed by atoms with van der Waals surface area (Å²) in [6, 6.07) is 23.1. The zero-order valence-corrected chi connectivity index (χ0v) is 18.3. The van der Waals surface area contributed by atoms with Gasteiger partial charge in [0.2, 0.25) is 5.91 Å². The molecule has 2 heterocycles. The Kier molecular flexibility index (Phi) is 4.92. The van der Waals surface area contributed by atoms with Crippen molar-refractivity contribution in [3.8, 4) is 5.75 Å². The Bertz CT molecular complexity index is 1180. The molecule has 7 heteroatoms. The third kappa shape index (κ3) is 2.98. The van der Waals surface area contributed by atoms with Gasteiger partial charge in [-0.15, -0.1) is 0 Å². The first kappa shape index (κ1) is 20.5. The number of anilines is 2. The maximum Gasteiger partial charge on any atom is 0.266 e. The second-order valence-corrected chi connectivity index (χ2v) is 8.50. The monoisotopic (exact) mass is 448 g/mol. The van der Waals surface area contributed by atoms with Gasteiger partial charge in [0.15, 0.2) is 6.10 Å². The highest BCUT2D eigenvalue weighted by Crippen LogP contribution is 2.55. The van der Waals surface area contributed by atoms with Crippen molar-refractivity contribution in [2.75, 3.05) is 17.1 Å². The molecule has 6 nitrogen and oxygen atoms in total. The fourth-order valence-corrected chi connectivity index (χ4v) is 4.69. The molecule has 162 valence electrons. The maximum absolute atomic E-state index is 13.9. The van der Waals surface area contributed by atoms with Crippen molar-refractivity contribution in [1.82, 2.24) is 0 Å². The van der Waals surface area contributed by atoms with E-state index < -0.39 is 23.5 Å². The van der Waals surface area contributed by atoms with Crippen LogP contribution in [0.4, 0.5) is 11.4 Å². The lowest BCUT2D eigenvalue weighted by molar-refractivity contribution is -0.128. The van der Waals surface area contributed by atoms with Crippen LogP contribution in [-0.4, -0.2) is 25.0 Å². The molecule has 2 aliphatic rings. The summed E-state index contributed by atoms with van der Waals surface area (Å²) in [5.41, 5.74) is 0.900. The minimum Gasteiger partial charge on any atom is -0.497 e. The Morgan fingerprint density at radius 3 is 2.31 bits per heavy atom. The summed E-state index contributed by atoms with van der Waals surface area (Å²) < 4.78 is 5.28. The van der Waals surface area contributed by atoms with Crippen LogP contribution < -0.4 is 14.7 Å². The van der Waals surface area contributed by atoms with Crippen LogP contribution in [0.1, 0.15) is 18.5 Å². The van der Waals surface area contributed by atoms with Gasteiger partial charge in [0.05, 0.1) is 24.5 Å². The van der Waals surface area contributed by atoms with Crippen LogP contribution in [0.25, 0.3) is 0 Å². The maximum atomic E-state index is 13.9. The molecule has 0 radical (unpaired) electrons. The van der Waals surface area contributed by atoms with Gasteiger partial charge in [0.1, 0.15) is 11.2 Å². The molecule has 2 aliphatic heterocycles. The summed E-state index contributed by atoms with van der Waals surface area (Å²) >= 11 is 6.12. The second kappa shape index (κ2) is 7.65. The number of hydrogen-bond donors (Lipinski definition) is 0. The van der Waals surface area contributed by atoms with Crippen LogP contribution in [-0.2, 0) is 14.4 Å². The van der Waals surface area contributed by atoms with Crippen molar-refractivity contribution in [2.45, 2.75) is 19.1 Å². The van der Waals surface area contributed by atoms with Crippen molar-refractivity contribution in [3.05, 3.63) is 89.4 Å². The van der Waals surface area contributed by atoms with Crippen LogP contribution in [0, 0.1) is 5.41 Å². The fraction of sp³-hybridized carbons (Fsp3) is 0.200. The first-order valence-corrected chi connectivity index (χ1v) is 10.6. The number of fused-ring (bicyclic) bond motifs is 1. The number of ether oxygens (including phenoxy) is 1. The van der Waals surface area contributed by atoms with Gasteiger partial charge in [0, 0.05) is 11.1 Å². The number of carbonyl (C=O) groups excluding carboxylic acids is 2. The van der Waals surface area contributed by atoms with E-state index in [9.17, 15) is 9.59 Å². The molecule has 3 atom stereocenters. The number of benzene rings is 3. The Labute approximate surface area is 190 Å². The molecular weight excluding hydrogens is 428 g/mol. The summed E-state index contributed by atoms with van der Waals surface area (Å²) in [7, 11) is 1.54. The van der Waals surface area contributed by atoms with Gasteiger partial charge in [-0.3, -0.25) is 14.4 Å². The summed E-state index contributed by atoms with van der Waals surface area (Å²) in [6.45, 7) is 1.79. The Hall–Kier alpha value is -3.35. The Morgan fingerprint density at radius 1 is 0.938 bits per heavy atom. The van der Waals surface area contributed by atoms with Gasteiger partial charge in [-0.05, 0) is 48.9 Å². The molecule has 2 fully saturated rings. The zero-order valence-electron chi connectivity index (χ0n) is 17.6. The summed E-state index contributed by atoms with van der Waals surface area (Å²) in [4.78, 5) is 34.8. The molecule has 3 aromatic rings. The third-order valence-corrected chi connectivity index (χ3v) is 6.43. The highest BCUT2D eigenvalue weighted by molar-refractivity contribution is 6.30. The minimum absolute atomic E-state index is 0.320. The Morgan fingerprint density at radius 2 is 1.62 bits per heavy atom. The third-order valence-electron chi connectivity index (χ3n) is 6.18. The van der Waals surface area contributed by atoms with E-state index in [1.165, 1.54) is 4.90 Å². The number of hydrogen-bond acceptors (Lipinski definition) is 5. The lowest BCUT2D eigenvalue weighted by Gasteiger charge is -2.32. The number of carbonyl (C=O) groups is 2. The van der Waals surface area contributed by atoms with E-state index in [0.717, 1.165) is 11.3 Å². The molecule has 2 amide bonds. The number of hydroxylamine groups is 1. The van der Waals surface area contributed by atoms with Crippen molar-refractivity contribution < 1.29 is 19.2 Å². The second-order valence-electron chi connectivity index (χ2n) is 8.06. The average molecular weight is 449 g/mol. The number of nitrogens with zero attached hydrogens (tertiary/aromatic N) is 2. The van der Waals surface area contributed by atoms with Crippen molar-refractivity contribution in [3.63, 3.8) is 0 Å². The van der Waals surface area contributed by atoms with Gasteiger partial charge in [-0.25, -0.2) is 9.96 Å². The molecule has 0 spiro atoms. The van der Waals surface area contributed by atoms with E-state index in [1.54, 1.807) is 55.5 Å². The number of halogens is 1. The van der Waals surface area contributed by atoms with Crippen LogP contribution >= 0.6 is 11.6 Å². The molecule has 2 saturated heterocycles. The quantitative estimate of drug-likeness (QED) is 0.537. The van der Waals surface area contributed by atoms with Gasteiger partial charge in [0.25, 0.3) is 5.91 Å². The fourth-order valence-electron chi connectivity index (χ4n) is 4.57. The lowest BCUT2D eigenvalue weighted by Crippen LogP contribution is -2.41. The van der Waals surface area contributed by atoms with Crippen LogP contribution in [0.5, 0.6) is 5.75 Å². The van der Waals surface area contributed by atoms with Crippen LogP contribution in [0.15, 0.2) is 78.9 Å². The van der Waals surface area contributed by atoms with E-state index in [1.807, 2.05) is 42.5 Å². The molecule has 0 aromatic heterocycles. The van der Waals surface area contributed by atoms with E-state index >= 15 is 0 Å². The SMILES string of the molecule is COc1cccc(N2C(=O)C3ON(c4ccccc4)C(c4ccc(Cl)cc4)C3(C)C2=O)c1. The number of imide groups is 1. The highest BCUT2D eigenvalue weighted by Gasteiger charge is 2.68. The number of amides is 2. The molecule has 3 aromatic carbocycles. The molecule has 0 saturated carbocycles. The highest BCUT2D eigenvalue weighted by atomic mass is 35.5. The van der Waals surface area contributed by atoms with E-state index in [0.29, 0.717) is 16.5 Å². The number of methoxy groups -OCH3 is 1. The summed E-state index contributed by atoms with van der Waals surface area (Å²) in [5, 5.41) is 2.26. The van der Waals surface area contributed by atoms with Gasteiger partial charge >= 0.3 is 0 Å². The van der Waals surface area contributed by atoms with Crippen LogP contribution in [0.2, 0.25) is 5.02 Å². The lowest BCUT2D eigenvalue weighted by atomic mass is 9.76. The van der Waals surface area contributed by atoms with Gasteiger partial charge in [-0.2, -0.15) is 0 Å². The smallest absolute Gasteiger partial charge is 0.266 e. The summed E-state index contributed by atoms with van der Waals surface area (Å²) in [6.07, 6.45) is -0.970. The minimum atomic E-state index is -1.15. The standard InChI is InChI=1S/C25H21ClN2O4/c1-25-21(16-11-13-17(26)14-12-16)28(18-7-4-3-5-8-18)32-22(25)23(29)27(24(25)30)19-9-6-10-20(15-19)31-2/h3-15,21-22H,1-2H3.